The normalized spacial score (nSPS) is 11.0. The lowest BCUT2D eigenvalue weighted by Gasteiger charge is -2.14. The average Bonchev–Trinajstić information content (AvgIpc) is 2.91. The Hall–Kier alpha value is -4.09. The summed E-state index contributed by atoms with van der Waals surface area (Å²) in [5, 5.41) is 0. The number of hydrogen-bond donors (Lipinski definition) is 1. The van der Waals surface area contributed by atoms with Crippen LogP contribution >= 0.6 is 0 Å². The number of rotatable bonds is 8. The summed E-state index contributed by atoms with van der Waals surface area (Å²) in [7, 11) is 0. The van der Waals surface area contributed by atoms with Crippen molar-refractivity contribution in [1.82, 2.24) is 15.0 Å². The van der Waals surface area contributed by atoms with Crippen LogP contribution < -0.4 is 10.5 Å². The van der Waals surface area contributed by atoms with E-state index in [4.69, 9.17) is 20.4 Å². The Bertz CT molecular complexity index is 1370. The molecule has 2 aromatic heterocycles. The van der Waals surface area contributed by atoms with Gasteiger partial charge in [-0.3, -0.25) is 4.98 Å². The third kappa shape index (κ3) is 4.80. The number of para-hydroxylation sites is 1. The predicted octanol–water partition coefficient (Wildman–Crippen LogP) is 5.83. The van der Waals surface area contributed by atoms with Crippen LogP contribution in [0, 0.1) is 0 Å². The SMILES string of the molecule is NCc1ccc(-c2nc3cccc(OCCCc4ccncc4)c3nc2-c2ccccc2)cc1. The first-order valence-electron chi connectivity index (χ1n) is 11.5. The smallest absolute Gasteiger partial charge is 0.147 e. The predicted molar refractivity (Wildman–Crippen MR) is 136 cm³/mol. The Balaban J connectivity index is 1.49. The molecule has 0 aliphatic rings. The zero-order valence-corrected chi connectivity index (χ0v) is 18.9. The molecule has 168 valence electrons. The fourth-order valence-electron chi connectivity index (χ4n) is 3.97. The standard InChI is InChI=1S/C29H26N4O/c30-20-22-11-13-24(14-12-22)27-28(23-7-2-1-3-8-23)33-29-25(32-27)9-4-10-26(29)34-19-5-6-21-15-17-31-18-16-21/h1-4,7-18H,5-6,19-20,30H2. The highest BCUT2D eigenvalue weighted by molar-refractivity contribution is 5.89. The molecule has 0 fully saturated rings. The van der Waals surface area contributed by atoms with E-state index in [-0.39, 0.29) is 0 Å². The largest absolute Gasteiger partial charge is 0.491 e. The average molecular weight is 447 g/mol. The molecule has 5 aromatic rings. The van der Waals surface area contributed by atoms with Gasteiger partial charge in [0.05, 0.1) is 23.5 Å². The third-order valence-electron chi connectivity index (χ3n) is 5.78. The highest BCUT2D eigenvalue weighted by atomic mass is 16.5. The summed E-state index contributed by atoms with van der Waals surface area (Å²) in [6, 6.07) is 28.4. The molecule has 0 saturated carbocycles. The zero-order chi connectivity index (χ0) is 23.2. The Morgan fingerprint density at radius 2 is 1.41 bits per heavy atom. The molecule has 2 N–H and O–H groups in total. The minimum atomic E-state index is 0.511. The van der Waals surface area contributed by atoms with Gasteiger partial charge < -0.3 is 10.5 Å². The lowest BCUT2D eigenvalue weighted by Crippen LogP contribution is -2.02. The Labute approximate surface area is 199 Å². The maximum absolute atomic E-state index is 6.18. The Morgan fingerprint density at radius 1 is 0.676 bits per heavy atom. The van der Waals surface area contributed by atoms with Crippen molar-refractivity contribution in [2.24, 2.45) is 5.73 Å². The van der Waals surface area contributed by atoms with E-state index in [0.717, 1.165) is 57.7 Å². The molecule has 0 aliphatic heterocycles. The molecule has 0 amide bonds. The third-order valence-corrected chi connectivity index (χ3v) is 5.78. The van der Waals surface area contributed by atoms with E-state index < -0.39 is 0 Å². The number of benzene rings is 3. The summed E-state index contributed by atoms with van der Waals surface area (Å²) >= 11 is 0. The van der Waals surface area contributed by atoms with E-state index >= 15 is 0 Å². The number of pyridine rings is 1. The lowest BCUT2D eigenvalue weighted by atomic mass is 10.0. The maximum atomic E-state index is 6.18. The molecule has 0 radical (unpaired) electrons. The molecular formula is C29H26N4O. The quantitative estimate of drug-likeness (QED) is 0.304. The van der Waals surface area contributed by atoms with Gasteiger partial charge in [-0.15, -0.1) is 0 Å². The monoisotopic (exact) mass is 446 g/mol. The molecule has 0 unspecified atom stereocenters. The van der Waals surface area contributed by atoms with E-state index in [1.165, 1.54) is 5.56 Å². The van der Waals surface area contributed by atoms with Crippen LogP contribution in [0.3, 0.4) is 0 Å². The molecule has 3 aromatic carbocycles. The summed E-state index contributed by atoms with van der Waals surface area (Å²) in [5.41, 5.74) is 13.4. The van der Waals surface area contributed by atoms with Crippen LogP contribution in [0.25, 0.3) is 33.5 Å². The first-order chi connectivity index (χ1) is 16.8. The Morgan fingerprint density at radius 3 is 2.18 bits per heavy atom. The summed E-state index contributed by atoms with van der Waals surface area (Å²) in [4.78, 5) is 14.2. The molecule has 0 aliphatic carbocycles. The number of aromatic nitrogens is 3. The summed E-state index contributed by atoms with van der Waals surface area (Å²) in [6.07, 6.45) is 5.49. The fourth-order valence-corrected chi connectivity index (χ4v) is 3.97. The van der Waals surface area contributed by atoms with Crippen molar-refractivity contribution in [2.45, 2.75) is 19.4 Å². The first-order valence-corrected chi connectivity index (χ1v) is 11.5. The minimum absolute atomic E-state index is 0.511. The second-order valence-corrected chi connectivity index (χ2v) is 8.12. The molecule has 34 heavy (non-hydrogen) atoms. The van der Waals surface area contributed by atoms with Crippen LogP contribution in [-0.4, -0.2) is 21.6 Å². The van der Waals surface area contributed by atoms with Crippen molar-refractivity contribution in [3.8, 4) is 28.3 Å². The van der Waals surface area contributed by atoms with Gasteiger partial charge in [0.2, 0.25) is 0 Å². The molecule has 0 spiro atoms. The van der Waals surface area contributed by atoms with E-state index in [9.17, 15) is 0 Å². The van der Waals surface area contributed by atoms with Gasteiger partial charge in [-0.05, 0) is 48.2 Å². The van der Waals surface area contributed by atoms with Crippen LogP contribution in [0.5, 0.6) is 5.75 Å². The number of fused-ring (bicyclic) bond motifs is 1. The highest BCUT2D eigenvalue weighted by Crippen LogP contribution is 2.33. The van der Waals surface area contributed by atoms with Crippen molar-refractivity contribution in [2.75, 3.05) is 6.61 Å². The summed E-state index contributed by atoms with van der Waals surface area (Å²) < 4.78 is 6.18. The van der Waals surface area contributed by atoms with E-state index in [1.807, 2.05) is 73.1 Å². The van der Waals surface area contributed by atoms with Gasteiger partial charge in [0.15, 0.2) is 0 Å². The van der Waals surface area contributed by atoms with Gasteiger partial charge in [-0.2, -0.15) is 0 Å². The summed E-state index contributed by atoms with van der Waals surface area (Å²) in [6.45, 7) is 1.11. The van der Waals surface area contributed by atoms with E-state index in [0.29, 0.717) is 13.2 Å². The van der Waals surface area contributed by atoms with Crippen molar-refractivity contribution in [3.05, 3.63) is 108 Å². The van der Waals surface area contributed by atoms with Gasteiger partial charge in [-0.25, -0.2) is 9.97 Å². The number of nitrogens with zero attached hydrogens (tertiary/aromatic N) is 3. The Kier molecular flexibility index (Phi) is 6.54. The summed E-state index contributed by atoms with van der Waals surface area (Å²) in [5.74, 6) is 0.752. The van der Waals surface area contributed by atoms with Gasteiger partial charge in [0.1, 0.15) is 11.3 Å². The molecule has 2 heterocycles. The van der Waals surface area contributed by atoms with Crippen LogP contribution in [0.1, 0.15) is 17.5 Å². The van der Waals surface area contributed by atoms with Crippen molar-refractivity contribution in [1.29, 1.82) is 0 Å². The molecule has 0 bridgehead atoms. The minimum Gasteiger partial charge on any atom is -0.491 e. The molecular weight excluding hydrogens is 420 g/mol. The van der Waals surface area contributed by atoms with Gasteiger partial charge in [-0.1, -0.05) is 60.7 Å². The van der Waals surface area contributed by atoms with Crippen LogP contribution in [0.2, 0.25) is 0 Å². The highest BCUT2D eigenvalue weighted by Gasteiger charge is 2.15. The number of nitrogens with two attached hydrogens (primary N) is 1. The van der Waals surface area contributed by atoms with Crippen molar-refractivity contribution >= 4 is 11.0 Å². The van der Waals surface area contributed by atoms with Gasteiger partial charge in [0, 0.05) is 30.1 Å². The van der Waals surface area contributed by atoms with Crippen LogP contribution in [-0.2, 0) is 13.0 Å². The fraction of sp³-hybridized carbons (Fsp3) is 0.138. The second-order valence-electron chi connectivity index (χ2n) is 8.12. The molecule has 0 atom stereocenters. The van der Waals surface area contributed by atoms with Gasteiger partial charge in [0.25, 0.3) is 0 Å². The number of aryl methyl sites for hydroxylation is 1. The molecule has 5 rings (SSSR count). The van der Waals surface area contributed by atoms with Gasteiger partial charge >= 0.3 is 0 Å². The topological polar surface area (TPSA) is 73.9 Å². The number of ether oxygens (including phenoxy) is 1. The lowest BCUT2D eigenvalue weighted by molar-refractivity contribution is 0.314. The zero-order valence-electron chi connectivity index (χ0n) is 18.9. The second kappa shape index (κ2) is 10.2. The molecule has 5 nitrogen and oxygen atoms in total. The van der Waals surface area contributed by atoms with Crippen LogP contribution in [0.4, 0.5) is 0 Å². The number of hydrogen-bond acceptors (Lipinski definition) is 5. The van der Waals surface area contributed by atoms with E-state index in [2.05, 4.69) is 29.2 Å². The molecule has 5 heteroatoms. The van der Waals surface area contributed by atoms with Crippen molar-refractivity contribution in [3.63, 3.8) is 0 Å². The van der Waals surface area contributed by atoms with E-state index in [1.54, 1.807) is 0 Å². The molecule has 0 saturated heterocycles. The van der Waals surface area contributed by atoms with Crippen molar-refractivity contribution < 1.29 is 4.74 Å². The van der Waals surface area contributed by atoms with Crippen LogP contribution in [0.15, 0.2) is 97.3 Å². The first kappa shape index (κ1) is 21.7. The maximum Gasteiger partial charge on any atom is 0.147 e.